The number of carbonyl (C=O) groups is 2. The molecule has 1 atom stereocenters. The van der Waals surface area contributed by atoms with E-state index in [2.05, 4.69) is 10.3 Å². The van der Waals surface area contributed by atoms with Crippen LogP contribution >= 0.6 is 0 Å². The Kier molecular flexibility index (Phi) is 4.50. The smallest absolute Gasteiger partial charge is 0.362 e. The first-order valence-corrected chi connectivity index (χ1v) is 7.84. The summed E-state index contributed by atoms with van der Waals surface area (Å²) in [6.45, 7) is 3.74. The van der Waals surface area contributed by atoms with Crippen molar-refractivity contribution in [3.05, 3.63) is 41.4 Å². The molecule has 0 radical (unpaired) electrons. The van der Waals surface area contributed by atoms with E-state index in [1.807, 2.05) is 31.2 Å². The fraction of sp³-hybridized carbons (Fsp3) is 0.353. The van der Waals surface area contributed by atoms with Crippen molar-refractivity contribution >= 4 is 17.8 Å². The third-order valence-electron chi connectivity index (χ3n) is 3.62. The Balaban J connectivity index is 1.75. The van der Waals surface area contributed by atoms with Crippen molar-refractivity contribution in [1.29, 1.82) is 0 Å². The maximum atomic E-state index is 12.4. The number of para-hydroxylation sites is 1. The fourth-order valence-electron chi connectivity index (χ4n) is 2.46. The Hall–Kier alpha value is -2.83. The van der Waals surface area contributed by atoms with Gasteiger partial charge < -0.3 is 13.9 Å². The van der Waals surface area contributed by atoms with Crippen LogP contribution in [0.2, 0.25) is 0 Å². The summed E-state index contributed by atoms with van der Waals surface area (Å²) in [5.41, 5.74) is 0.938. The number of hydrogen-bond donors (Lipinski definition) is 1. The molecule has 1 aliphatic heterocycles. The van der Waals surface area contributed by atoms with Crippen molar-refractivity contribution in [2.24, 2.45) is 0 Å². The van der Waals surface area contributed by atoms with E-state index in [1.54, 1.807) is 6.92 Å². The number of esters is 1. The number of amides is 1. The van der Waals surface area contributed by atoms with Gasteiger partial charge in [0.05, 0.1) is 6.61 Å². The molecule has 1 aromatic carbocycles. The number of fused-ring (bicyclic) bond motifs is 1. The largest absolute Gasteiger partial charge is 0.480 e. The molecule has 2 heterocycles. The highest BCUT2D eigenvalue weighted by Gasteiger charge is 2.31. The molecule has 0 bridgehead atoms. The predicted molar refractivity (Wildman–Crippen MR) is 85.0 cm³/mol. The number of oxazole rings is 1. The van der Waals surface area contributed by atoms with Gasteiger partial charge >= 0.3 is 5.97 Å². The molecule has 7 nitrogen and oxygen atoms in total. The molecule has 1 N–H and O–H groups in total. The van der Waals surface area contributed by atoms with Crippen LogP contribution in [0.25, 0.3) is 0 Å². The molecule has 1 unspecified atom stereocenters. The SMILES string of the molecule is CCOC(=O)c1nc(CC)oc1NC(=O)C1Cc2ccccc2O1. The highest BCUT2D eigenvalue weighted by molar-refractivity contribution is 6.00. The molecule has 1 aliphatic rings. The van der Waals surface area contributed by atoms with Gasteiger partial charge in [-0.3, -0.25) is 10.1 Å². The van der Waals surface area contributed by atoms with Crippen LogP contribution in [0.3, 0.4) is 0 Å². The lowest BCUT2D eigenvalue weighted by atomic mass is 10.1. The fourth-order valence-corrected chi connectivity index (χ4v) is 2.46. The summed E-state index contributed by atoms with van der Waals surface area (Å²) in [5, 5.41) is 2.59. The molecule has 1 amide bonds. The van der Waals surface area contributed by atoms with Crippen LogP contribution in [0.5, 0.6) is 5.75 Å². The third kappa shape index (κ3) is 3.10. The summed E-state index contributed by atoms with van der Waals surface area (Å²) in [5.74, 6) is 0.0105. The molecule has 0 saturated heterocycles. The molecule has 3 rings (SSSR count). The lowest BCUT2D eigenvalue weighted by molar-refractivity contribution is -0.122. The number of aryl methyl sites for hydroxylation is 1. The summed E-state index contributed by atoms with van der Waals surface area (Å²) in [6.07, 6.45) is 0.284. The number of nitrogens with zero attached hydrogens (tertiary/aromatic N) is 1. The first-order valence-electron chi connectivity index (χ1n) is 7.84. The number of rotatable bonds is 5. The van der Waals surface area contributed by atoms with Gasteiger partial charge in [-0.15, -0.1) is 0 Å². The first-order chi connectivity index (χ1) is 11.6. The minimum atomic E-state index is -0.673. The van der Waals surface area contributed by atoms with Crippen molar-refractivity contribution < 1.29 is 23.5 Å². The van der Waals surface area contributed by atoms with Crippen molar-refractivity contribution in [3.8, 4) is 5.75 Å². The molecule has 0 fully saturated rings. The van der Waals surface area contributed by atoms with Gasteiger partial charge in [-0.2, -0.15) is 0 Å². The summed E-state index contributed by atoms with van der Waals surface area (Å²) < 4.78 is 16.0. The molecule has 126 valence electrons. The molecule has 24 heavy (non-hydrogen) atoms. The zero-order valence-electron chi connectivity index (χ0n) is 13.5. The highest BCUT2D eigenvalue weighted by atomic mass is 16.5. The molecule has 1 aromatic heterocycles. The number of carbonyl (C=O) groups excluding carboxylic acids is 2. The second kappa shape index (κ2) is 6.74. The molecule has 2 aromatic rings. The summed E-state index contributed by atoms with van der Waals surface area (Å²) >= 11 is 0. The molecular formula is C17H18N2O5. The Morgan fingerprint density at radius 3 is 2.83 bits per heavy atom. The Morgan fingerprint density at radius 2 is 2.12 bits per heavy atom. The van der Waals surface area contributed by atoms with Crippen molar-refractivity contribution in [3.63, 3.8) is 0 Å². The van der Waals surface area contributed by atoms with E-state index in [-0.39, 0.29) is 18.2 Å². The maximum absolute atomic E-state index is 12.4. The number of nitrogens with one attached hydrogen (secondary N) is 1. The number of benzene rings is 1. The first kappa shape index (κ1) is 16.0. The molecule has 0 spiro atoms. The minimum Gasteiger partial charge on any atom is -0.480 e. The average Bonchev–Trinajstić information content (AvgIpc) is 3.18. The van der Waals surface area contributed by atoms with E-state index >= 15 is 0 Å². The lowest BCUT2D eigenvalue weighted by Gasteiger charge is -2.10. The van der Waals surface area contributed by atoms with Gasteiger partial charge in [-0.1, -0.05) is 25.1 Å². The highest BCUT2D eigenvalue weighted by Crippen LogP contribution is 2.29. The number of aromatic nitrogens is 1. The average molecular weight is 330 g/mol. The normalized spacial score (nSPS) is 15.5. The Morgan fingerprint density at radius 1 is 1.33 bits per heavy atom. The maximum Gasteiger partial charge on any atom is 0.362 e. The van der Waals surface area contributed by atoms with E-state index in [0.717, 1.165) is 5.56 Å². The van der Waals surface area contributed by atoms with Crippen LogP contribution < -0.4 is 10.1 Å². The van der Waals surface area contributed by atoms with Gasteiger partial charge in [0.1, 0.15) is 5.75 Å². The van der Waals surface area contributed by atoms with Gasteiger partial charge in [0.15, 0.2) is 12.0 Å². The van der Waals surface area contributed by atoms with E-state index < -0.39 is 18.0 Å². The zero-order valence-corrected chi connectivity index (χ0v) is 13.5. The monoisotopic (exact) mass is 330 g/mol. The quantitative estimate of drug-likeness (QED) is 0.846. The molecule has 0 aliphatic carbocycles. The van der Waals surface area contributed by atoms with Crippen molar-refractivity contribution in [2.75, 3.05) is 11.9 Å². The predicted octanol–water partition coefficient (Wildman–Crippen LogP) is 2.36. The summed E-state index contributed by atoms with van der Waals surface area (Å²) in [4.78, 5) is 28.5. The van der Waals surface area contributed by atoms with Gasteiger partial charge in [0, 0.05) is 12.8 Å². The second-order valence-corrected chi connectivity index (χ2v) is 5.27. The van der Waals surface area contributed by atoms with Crippen LogP contribution in [0.15, 0.2) is 28.7 Å². The van der Waals surface area contributed by atoms with E-state index in [0.29, 0.717) is 24.5 Å². The van der Waals surface area contributed by atoms with Crippen LogP contribution in [0, 0.1) is 0 Å². The number of ether oxygens (including phenoxy) is 2. The zero-order chi connectivity index (χ0) is 17.1. The van der Waals surface area contributed by atoms with E-state index in [9.17, 15) is 9.59 Å². The lowest BCUT2D eigenvalue weighted by Crippen LogP contribution is -2.31. The van der Waals surface area contributed by atoms with Crippen molar-refractivity contribution in [2.45, 2.75) is 32.8 Å². The topological polar surface area (TPSA) is 90.7 Å². The van der Waals surface area contributed by atoms with Gasteiger partial charge in [0.2, 0.25) is 11.6 Å². The van der Waals surface area contributed by atoms with Gasteiger partial charge in [-0.05, 0) is 18.6 Å². The van der Waals surface area contributed by atoms with Crippen molar-refractivity contribution in [1.82, 2.24) is 4.98 Å². The summed E-state index contributed by atoms with van der Waals surface area (Å²) in [7, 11) is 0. The number of hydrogen-bond acceptors (Lipinski definition) is 6. The van der Waals surface area contributed by atoms with Gasteiger partial charge in [0.25, 0.3) is 5.91 Å². The Bertz CT molecular complexity index is 743. The van der Waals surface area contributed by atoms with E-state index in [4.69, 9.17) is 13.9 Å². The van der Waals surface area contributed by atoms with Gasteiger partial charge in [-0.25, -0.2) is 9.78 Å². The van der Waals surface area contributed by atoms with Crippen LogP contribution in [0.4, 0.5) is 5.88 Å². The third-order valence-corrected chi connectivity index (χ3v) is 3.62. The van der Waals surface area contributed by atoms with Crippen LogP contribution in [-0.2, 0) is 22.4 Å². The molecule has 0 saturated carbocycles. The summed E-state index contributed by atoms with van der Waals surface area (Å²) in [6, 6.07) is 7.47. The molecule has 7 heteroatoms. The minimum absolute atomic E-state index is 0.00476. The van der Waals surface area contributed by atoms with E-state index in [1.165, 1.54) is 0 Å². The van der Waals surface area contributed by atoms with Crippen LogP contribution in [-0.4, -0.2) is 29.6 Å². The number of anilines is 1. The van der Waals surface area contributed by atoms with Crippen LogP contribution in [0.1, 0.15) is 35.8 Å². The molecular weight excluding hydrogens is 312 g/mol. The second-order valence-electron chi connectivity index (χ2n) is 5.27. The Labute approximate surface area is 139 Å². The standard InChI is InChI=1S/C17H18N2O5/c1-3-13-18-14(17(21)22-4-2)16(24-13)19-15(20)12-9-10-7-5-6-8-11(10)23-12/h5-8,12H,3-4,9H2,1-2H3,(H,19,20).